The summed E-state index contributed by atoms with van der Waals surface area (Å²) < 4.78 is 2.04. The minimum atomic E-state index is 0.0640. The molecule has 0 bridgehead atoms. The van der Waals surface area contributed by atoms with E-state index in [2.05, 4.69) is 56.4 Å². The van der Waals surface area contributed by atoms with Gasteiger partial charge in [-0.15, -0.1) is 0 Å². The standard InChI is InChI=1S/C16H30N4/c1-15(2,3)20-12-14(11-18-20)10-17-13-16(19(4)5)8-6-7-9-16/h11-12,17H,6-10,13H2,1-5H3. The topological polar surface area (TPSA) is 33.1 Å². The van der Waals surface area contributed by atoms with E-state index in [1.807, 2.05) is 10.9 Å². The van der Waals surface area contributed by atoms with Crippen molar-refractivity contribution in [2.75, 3.05) is 20.6 Å². The van der Waals surface area contributed by atoms with Crippen LogP contribution in [-0.2, 0) is 12.1 Å². The fourth-order valence-electron chi connectivity index (χ4n) is 3.07. The Balaban J connectivity index is 1.88. The molecule has 1 heterocycles. The highest BCUT2D eigenvalue weighted by Crippen LogP contribution is 2.33. The number of rotatable bonds is 5. The summed E-state index contributed by atoms with van der Waals surface area (Å²) in [5.74, 6) is 0. The Morgan fingerprint density at radius 2 is 1.95 bits per heavy atom. The van der Waals surface area contributed by atoms with Crippen molar-refractivity contribution >= 4 is 0 Å². The van der Waals surface area contributed by atoms with Gasteiger partial charge in [-0.05, 0) is 47.7 Å². The van der Waals surface area contributed by atoms with E-state index in [0.29, 0.717) is 5.54 Å². The van der Waals surface area contributed by atoms with Crippen molar-refractivity contribution in [3.8, 4) is 0 Å². The van der Waals surface area contributed by atoms with E-state index < -0.39 is 0 Å². The molecule has 0 saturated heterocycles. The molecule has 0 aliphatic heterocycles. The zero-order valence-corrected chi connectivity index (χ0v) is 13.7. The van der Waals surface area contributed by atoms with Gasteiger partial charge in [-0.3, -0.25) is 4.68 Å². The van der Waals surface area contributed by atoms with E-state index in [-0.39, 0.29) is 5.54 Å². The first kappa shape index (κ1) is 15.5. The molecule has 20 heavy (non-hydrogen) atoms. The van der Waals surface area contributed by atoms with Gasteiger partial charge in [-0.2, -0.15) is 5.10 Å². The van der Waals surface area contributed by atoms with Gasteiger partial charge >= 0.3 is 0 Å². The van der Waals surface area contributed by atoms with Crippen molar-refractivity contribution < 1.29 is 0 Å². The third-order valence-corrected chi connectivity index (χ3v) is 4.59. The fraction of sp³-hybridized carbons (Fsp3) is 0.812. The van der Waals surface area contributed by atoms with Crippen LogP contribution in [0, 0.1) is 0 Å². The predicted molar refractivity (Wildman–Crippen MR) is 83.8 cm³/mol. The van der Waals surface area contributed by atoms with Crippen LogP contribution in [0.3, 0.4) is 0 Å². The largest absolute Gasteiger partial charge is 0.311 e. The second kappa shape index (κ2) is 5.86. The van der Waals surface area contributed by atoms with Gasteiger partial charge in [0.15, 0.2) is 0 Å². The summed E-state index contributed by atoms with van der Waals surface area (Å²) in [6.07, 6.45) is 9.49. The van der Waals surface area contributed by atoms with Crippen LogP contribution >= 0.6 is 0 Å². The average Bonchev–Trinajstić information content (AvgIpc) is 2.97. The molecule has 4 heteroatoms. The van der Waals surface area contributed by atoms with Crippen LogP contribution in [0.2, 0.25) is 0 Å². The Morgan fingerprint density at radius 1 is 1.30 bits per heavy atom. The minimum absolute atomic E-state index is 0.0640. The molecular weight excluding hydrogens is 248 g/mol. The molecule has 1 N–H and O–H groups in total. The lowest BCUT2D eigenvalue weighted by Crippen LogP contribution is -2.49. The third kappa shape index (κ3) is 3.41. The summed E-state index contributed by atoms with van der Waals surface area (Å²) in [5, 5.41) is 8.09. The molecule has 0 radical (unpaired) electrons. The summed E-state index contributed by atoms with van der Waals surface area (Å²) >= 11 is 0. The fourth-order valence-corrected chi connectivity index (χ4v) is 3.07. The summed E-state index contributed by atoms with van der Waals surface area (Å²) in [7, 11) is 4.43. The van der Waals surface area contributed by atoms with Gasteiger partial charge in [-0.1, -0.05) is 12.8 Å². The Kier molecular flexibility index (Phi) is 4.55. The van der Waals surface area contributed by atoms with Gasteiger partial charge < -0.3 is 10.2 Å². The first-order chi connectivity index (χ1) is 9.33. The maximum Gasteiger partial charge on any atom is 0.0543 e. The normalized spacial score (nSPS) is 18.9. The van der Waals surface area contributed by atoms with Gasteiger partial charge in [0, 0.05) is 30.4 Å². The molecule has 1 aliphatic rings. The summed E-state index contributed by atoms with van der Waals surface area (Å²) in [6, 6.07) is 0. The van der Waals surface area contributed by atoms with E-state index >= 15 is 0 Å². The van der Waals surface area contributed by atoms with Crippen LogP contribution in [0.15, 0.2) is 12.4 Å². The first-order valence-electron chi connectivity index (χ1n) is 7.76. The van der Waals surface area contributed by atoms with Gasteiger partial charge in [-0.25, -0.2) is 0 Å². The second-order valence-electron chi connectivity index (χ2n) is 7.39. The van der Waals surface area contributed by atoms with E-state index in [9.17, 15) is 0 Å². The molecule has 1 aromatic heterocycles. The molecule has 0 aromatic carbocycles. The average molecular weight is 278 g/mol. The molecular formula is C16H30N4. The smallest absolute Gasteiger partial charge is 0.0543 e. The first-order valence-corrected chi connectivity index (χ1v) is 7.76. The Morgan fingerprint density at radius 3 is 2.45 bits per heavy atom. The van der Waals surface area contributed by atoms with Crippen molar-refractivity contribution in [3.63, 3.8) is 0 Å². The van der Waals surface area contributed by atoms with Crippen molar-refractivity contribution in [1.29, 1.82) is 0 Å². The molecule has 0 amide bonds. The molecule has 0 unspecified atom stereocenters. The zero-order chi connectivity index (χ0) is 14.8. The van der Waals surface area contributed by atoms with Crippen molar-refractivity contribution in [2.24, 2.45) is 0 Å². The SMILES string of the molecule is CN(C)C1(CNCc2cnn(C(C)(C)C)c2)CCCC1. The van der Waals surface area contributed by atoms with Gasteiger partial charge in [0.25, 0.3) is 0 Å². The van der Waals surface area contributed by atoms with E-state index in [1.54, 1.807) is 0 Å². The number of hydrogen-bond acceptors (Lipinski definition) is 3. The second-order valence-corrected chi connectivity index (χ2v) is 7.39. The number of aromatic nitrogens is 2. The van der Waals surface area contributed by atoms with Crippen molar-refractivity contribution in [2.45, 2.75) is 64.1 Å². The van der Waals surface area contributed by atoms with Crippen LogP contribution in [0.25, 0.3) is 0 Å². The van der Waals surface area contributed by atoms with Crippen LogP contribution in [0.5, 0.6) is 0 Å². The van der Waals surface area contributed by atoms with Gasteiger partial charge in [0.2, 0.25) is 0 Å². The Hall–Kier alpha value is -0.870. The lowest BCUT2D eigenvalue weighted by Gasteiger charge is -2.36. The maximum absolute atomic E-state index is 4.46. The molecule has 4 nitrogen and oxygen atoms in total. The highest BCUT2D eigenvalue weighted by atomic mass is 15.3. The predicted octanol–water partition coefficient (Wildman–Crippen LogP) is 2.60. The number of nitrogens with one attached hydrogen (secondary N) is 1. The summed E-state index contributed by atoms with van der Waals surface area (Å²) in [4.78, 5) is 2.41. The molecule has 1 aliphatic carbocycles. The third-order valence-electron chi connectivity index (χ3n) is 4.59. The van der Waals surface area contributed by atoms with Crippen LogP contribution in [-0.4, -0.2) is 40.9 Å². The Labute approximate surface area is 123 Å². The molecule has 2 rings (SSSR count). The molecule has 1 aromatic rings. The van der Waals surface area contributed by atoms with E-state index in [1.165, 1.54) is 31.2 Å². The van der Waals surface area contributed by atoms with Crippen molar-refractivity contribution in [1.82, 2.24) is 20.0 Å². The zero-order valence-electron chi connectivity index (χ0n) is 13.7. The molecule has 1 fully saturated rings. The van der Waals surface area contributed by atoms with Crippen LogP contribution < -0.4 is 5.32 Å². The highest BCUT2D eigenvalue weighted by molar-refractivity contribution is 5.05. The lowest BCUT2D eigenvalue weighted by molar-refractivity contribution is 0.153. The van der Waals surface area contributed by atoms with Crippen LogP contribution in [0.4, 0.5) is 0 Å². The number of hydrogen-bond donors (Lipinski definition) is 1. The highest BCUT2D eigenvalue weighted by Gasteiger charge is 2.35. The van der Waals surface area contributed by atoms with Gasteiger partial charge in [0.05, 0.1) is 11.7 Å². The summed E-state index contributed by atoms with van der Waals surface area (Å²) in [6.45, 7) is 8.51. The molecule has 0 atom stereocenters. The van der Waals surface area contributed by atoms with Crippen molar-refractivity contribution in [3.05, 3.63) is 18.0 Å². The van der Waals surface area contributed by atoms with Crippen LogP contribution in [0.1, 0.15) is 52.0 Å². The monoisotopic (exact) mass is 278 g/mol. The molecule has 1 saturated carbocycles. The van der Waals surface area contributed by atoms with E-state index in [0.717, 1.165) is 13.1 Å². The quantitative estimate of drug-likeness (QED) is 0.899. The Bertz CT molecular complexity index is 422. The number of nitrogens with zero attached hydrogens (tertiary/aromatic N) is 3. The maximum atomic E-state index is 4.46. The molecule has 0 spiro atoms. The number of likely N-dealkylation sites (N-methyl/N-ethyl adjacent to an activating group) is 1. The minimum Gasteiger partial charge on any atom is -0.311 e. The van der Waals surface area contributed by atoms with E-state index in [4.69, 9.17) is 0 Å². The summed E-state index contributed by atoms with van der Waals surface area (Å²) in [5.41, 5.74) is 1.70. The lowest BCUT2D eigenvalue weighted by atomic mass is 9.96. The molecule has 114 valence electrons. The van der Waals surface area contributed by atoms with Gasteiger partial charge in [0.1, 0.15) is 0 Å².